The van der Waals surface area contributed by atoms with Crippen molar-refractivity contribution in [2.45, 2.75) is 64.7 Å². The number of hydrogen-bond donors (Lipinski definition) is 0. The topological polar surface area (TPSA) is 29.5 Å². The van der Waals surface area contributed by atoms with Crippen LogP contribution in [0, 0.1) is 0 Å². The number of carbonyl (C=O) groups is 1. The molecule has 0 aromatic rings. The number of nitrogens with zero attached hydrogens (tertiary/aromatic N) is 1. The molecule has 3 heteroatoms. The lowest BCUT2D eigenvalue weighted by Gasteiger charge is -2.12. The number of unbranched alkanes of at least 4 members (excludes halogenated alkanes) is 7. The van der Waals surface area contributed by atoms with Crippen LogP contribution in [-0.2, 0) is 9.63 Å². The van der Waals surface area contributed by atoms with E-state index in [2.05, 4.69) is 6.92 Å². The fraction of sp³-hybridized carbons (Fsp3) is 0.923. The van der Waals surface area contributed by atoms with Crippen LogP contribution < -0.4 is 0 Å². The van der Waals surface area contributed by atoms with Crippen LogP contribution in [0.3, 0.4) is 0 Å². The minimum Gasteiger partial charge on any atom is -0.275 e. The lowest BCUT2D eigenvalue weighted by atomic mass is 10.1. The maximum atomic E-state index is 11.3. The Hall–Kier alpha value is -0.570. The first-order valence-electron chi connectivity index (χ1n) is 6.53. The molecule has 0 aliphatic carbocycles. The van der Waals surface area contributed by atoms with E-state index in [-0.39, 0.29) is 5.91 Å². The van der Waals surface area contributed by atoms with Gasteiger partial charge in [0.05, 0.1) is 7.11 Å². The summed E-state index contributed by atoms with van der Waals surface area (Å²) in [6.07, 6.45) is 10.7. The Morgan fingerprint density at radius 2 is 1.50 bits per heavy atom. The highest BCUT2D eigenvalue weighted by molar-refractivity contribution is 5.74. The first kappa shape index (κ1) is 15.4. The Morgan fingerprint density at radius 3 is 2.00 bits per heavy atom. The van der Waals surface area contributed by atoms with E-state index in [4.69, 9.17) is 4.84 Å². The Morgan fingerprint density at radius 1 is 1.00 bits per heavy atom. The standard InChI is InChI=1S/C13H27NO2/c1-4-5-6-7-8-9-10-11-12-13(15)14(2)16-3/h4-12H2,1-3H3. The van der Waals surface area contributed by atoms with E-state index in [1.807, 2.05) is 0 Å². The largest absolute Gasteiger partial charge is 0.275 e. The fourth-order valence-electron chi connectivity index (χ4n) is 1.67. The maximum absolute atomic E-state index is 11.3. The first-order valence-corrected chi connectivity index (χ1v) is 6.53. The summed E-state index contributed by atoms with van der Waals surface area (Å²) in [6, 6.07) is 0. The highest BCUT2D eigenvalue weighted by Crippen LogP contribution is 2.10. The van der Waals surface area contributed by atoms with Gasteiger partial charge in [-0.25, -0.2) is 5.06 Å². The fourth-order valence-corrected chi connectivity index (χ4v) is 1.67. The molecule has 0 rings (SSSR count). The zero-order valence-corrected chi connectivity index (χ0v) is 11.1. The van der Waals surface area contributed by atoms with E-state index >= 15 is 0 Å². The molecule has 0 unspecified atom stereocenters. The predicted octanol–water partition coefficient (Wildman–Crippen LogP) is 3.54. The van der Waals surface area contributed by atoms with Crippen LogP contribution in [0.5, 0.6) is 0 Å². The van der Waals surface area contributed by atoms with E-state index in [0.717, 1.165) is 12.8 Å². The van der Waals surface area contributed by atoms with Crippen molar-refractivity contribution in [3.8, 4) is 0 Å². The van der Waals surface area contributed by atoms with Crippen molar-refractivity contribution in [1.29, 1.82) is 0 Å². The quantitative estimate of drug-likeness (QED) is 0.423. The number of carbonyl (C=O) groups excluding carboxylic acids is 1. The normalized spacial score (nSPS) is 10.4. The van der Waals surface area contributed by atoms with Crippen molar-refractivity contribution in [3.63, 3.8) is 0 Å². The van der Waals surface area contributed by atoms with Crippen LogP contribution in [0.1, 0.15) is 64.7 Å². The Bertz CT molecular complexity index is 171. The molecule has 0 spiro atoms. The van der Waals surface area contributed by atoms with Gasteiger partial charge in [0, 0.05) is 13.5 Å². The van der Waals surface area contributed by atoms with Crippen molar-refractivity contribution in [2.24, 2.45) is 0 Å². The van der Waals surface area contributed by atoms with E-state index in [1.165, 1.54) is 50.7 Å². The van der Waals surface area contributed by atoms with Crippen molar-refractivity contribution < 1.29 is 9.63 Å². The molecule has 0 atom stereocenters. The third-order valence-electron chi connectivity index (χ3n) is 2.87. The van der Waals surface area contributed by atoms with Gasteiger partial charge < -0.3 is 0 Å². The van der Waals surface area contributed by atoms with Crippen molar-refractivity contribution >= 4 is 5.91 Å². The second-order valence-corrected chi connectivity index (χ2v) is 4.30. The van der Waals surface area contributed by atoms with Crippen molar-refractivity contribution in [2.75, 3.05) is 14.2 Å². The van der Waals surface area contributed by atoms with Crippen LogP contribution in [0.15, 0.2) is 0 Å². The van der Waals surface area contributed by atoms with Crippen LogP contribution in [0.4, 0.5) is 0 Å². The molecule has 0 bridgehead atoms. The Labute approximate surface area is 100 Å². The van der Waals surface area contributed by atoms with Gasteiger partial charge in [-0.3, -0.25) is 9.63 Å². The third-order valence-corrected chi connectivity index (χ3v) is 2.87. The highest BCUT2D eigenvalue weighted by Gasteiger charge is 2.06. The lowest BCUT2D eigenvalue weighted by Crippen LogP contribution is -2.24. The molecule has 0 saturated carbocycles. The molecule has 16 heavy (non-hydrogen) atoms. The van der Waals surface area contributed by atoms with Gasteiger partial charge in [-0.05, 0) is 6.42 Å². The Balaban J connectivity index is 3.18. The van der Waals surface area contributed by atoms with Gasteiger partial charge in [0.1, 0.15) is 0 Å². The molecular weight excluding hydrogens is 202 g/mol. The number of hydrogen-bond acceptors (Lipinski definition) is 2. The SMILES string of the molecule is CCCCCCCCCCC(=O)N(C)OC. The molecule has 0 aromatic heterocycles. The van der Waals surface area contributed by atoms with Crippen LogP contribution >= 0.6 is 0 Å². The predicted molar refractivity (Wildman–Crippen MR) is 67.0 cm³/mol. The average molecular weight is 229 g/mol. The average Bonchev–Trinajstić information content (AvgIpc) is 2.31. The summed E-state index contributed by atoms with van der Waals surface area (Å²) in [6.45, 7) is 2.23. The minimum absolute atomic E-state index is 0.0773. The first-order chi connectivity index (χ1) is 7.72. The highest BCUT2D eigenvalue weighted by atomic mass is 16.7. The molecule has 0 aromatic carbocycles. The second kappa shape index (κ2) is 10.9. The van der Waals surface area contributed by atoms with E-state index in [0.29, 0.717) is 6.42 Å². The third kappa shape index (κ3) is 8.72. The van der Waals surface area contributed by atoms with Gasteiger partial charge in [0.25, 0.3) is 0 Å². The summed E-state index contributed by atoms with van der Waals surface area (Å²) < 4.78 is 0. The van der Waals surface area contributed by atoms with Crippen molar-refractivity contribution in [1.82, 2.24) is 5.06 Å². The minimum atomic E-state index is 0.0773. The van der Waals surface area contributed by atoms with Crippen LogP contribution in [0.2, 0.25) is 0 Å². The maximum Gasteiger partial charge on any atom is 0.245 e. The molecule has 0 aliphatic heterocycles. The molecule has 0 aliphatic rings. The smallest absolute Gasteiger partial charge is 0.245 e. The molecule has 96 valence electrons. The summed E-state index contributed by atoms with van der Waals surface area (Å²) in [5.74, 6) is 0.0773. The number of rotatable bonds is 10. The molecular formula is C13H27NO2. The molecule has 0 saturated heterocycles. The van der Waals surface area contributed by atoms with E-state index in [1.54, 1.807) is 7.05 Å². The number of hydroxylamine groups is 2. The van der Waals surface area contributed by atoms with Gasteiger partial charge in [-0.2, -0.15) is 0 Å². The molecule has 1 amide bonds. The molecule has 0 fully saturated rings. The van der Waals surface area contributed by atoms with Gasteiger partial charge >= 0.3 is 0 Å². The summed E-state index contributed by atoms with van der Waals surface area (Å²) in [5, 5.41) is 1.31. The lowest BCUT2D eigenvalue weighted by molar-refractivity contribution is -0.168. The van der Waals surface area contributed by atoms with Crippen LogP contribution in [0.25, 0.3) is 0 Å². The molecule has 0 N–H and O–H groups in total. The Kier molecular flexibility index (Phi) is 10.5. The van der Waals surface area contributed by atoms with E-state index in [9.17, 15) is 4.79 Å². The molecule has 0 radical (unpaired) electrons. The number of amides is 1. The zero-order chi connectivity index (χ0) is 12.2. The summed E-state index contributed by atoms with van der Waals surface area (Å²) >= 11 is 0. The van der Waals surface area contributed by atoms with Gasteiger partial charge in [0.2, 0.25) is 5.91 Å². The zero-order valence-electron chi connectivity index (χ0n) is 11.1. The van der Waals surface area contributed by atoms with Gasteiger partial charge in [0.15, 0.2) is 0 Å². The molecule has 0 heterocycles. The summed E-state index contributed by atoms with van der Waals surface area (Å²) in [4.78, 5) is 16.2. The van der Waals surface area contributed by atoms with Gasteiger partial charge in [-0.1, -0.05) is 51.9 Å². The second-order valence-electron chi connectivity index (χ2n) is 4.30. The van der Waals surface area contributed by atoms with Gasteiger partial charge in [-0.15, -0.1) is 0 Å². The summed E-state index contributed by atoms with van der Waals surface area (Å²) in [5.41, 5.74) is 0. The van der Waals surface area contributed by atoms with Crippen LogP contribution in [-0.4, -0.2) is 25.1 Å². The molecule has 3 nitrogen and oxygen atoms in total. The monoisotopic (exact) mass is 229 g/mol. The summed E-state index contributed by atoms with van der Waals surface area (Å²) in [7, 11) is 3.18. The van der Waals surface area contributed by atoms with E-state index < -0.39 is 0 Å². The van der Waals surface area contributed by atoms with Crippen molar-refractivity contribution in [3.05, 3.63) is 0 Å².